The number of aromatic amines is 1. The molecular weight excluding hydrogens is 352 g/mol. The molecule has 2 N–H and O–H groups in total. The van der Waals surface area contributed by atoms with Crippen LogP contribution in [-0.4, -0.2) is 18.0 Å². The smallest absolute Gasteiger partial charge is 0.253 e. The molecule has 0 radical (unpaired) electrons. The van der Waals surface area contributed by atoms with Gasteiger partial charge in [0.15, 0.2) is 0 Å². The molecule has 0 fully saturated rings. The zero-order valence-electron chi connectivity index (χ0n) is 16.3. The highest BCUT2D eigenvalue weighted by atomic mass is 16.5. The van der Waals surface area contributed by atoms with E-state index < -0.39 is 0 Å². The summed E-state index contributed by atoms with van der Waals surface area (Å²) in [6.45, 7) is 3.89. The molecule has 0 aliphatic heterocycles. The van der Waals surface area contributed by atoms with Crippen LogP contribution < -0.4 is 10.9 Å². The molecule has 0 saturated carbocycles. The first-order valence-electron chi connectivity index (χ1n) is 9.15. The van der Waals surface area contributed by atoms with Gasteiger partial charge in [-0.2, -0.15) is 0 Å². The van der Waals surface area contributed by atoms with Gasteiger partial charge in [-0.25, -0.2) is 0 Å². The van der Waals surface area contributed by atoms with Crippen molar-refractivity contribution in [1.82, 2.24) is 10.3 Å². The maximum absolute atomic E-state index is 12.5. The van der Waals surface area contributed by atoms with E-state index in [1.165, 1.54) is 0 Å². The van der Waals surface area contributed by atoms with E-state index in [9.17, 15) is 9.59 Å². The summed E-state index contributed by atoms with van der Waals surface area (Å²) >= 11 is 0. The van der Waals surface area contributed by atoms with Crippen molar-refractivity contribution >= 4 is 5.91 Å². The molecule has 0 aliphatic rings. The molecule has 1 heterocycles. The van der Waals surface area contributed by atoms with E-state index in [1.54, 1.807) is 19.2 Å². The fourth-order valence-corrected chi connectivity index (χ4v) is 3.27. The van der Waals surface area contributed by atoms with Crippen molar-refractivity contribution in [2.24, 2.45) is 0 Å². The average Bonchev–Trinajstić information content (AvgIpc) is 2.69. The molecular formula is C23H24N2O3. The number of rotatable bonds is 6. The van der Waals surface area contributed by atoms with Crippen LogP contribution in [0.5, 0.6) is 0 Å². The molecule has 2 aromatic carbocycles. The largest absolute Gasteiger partial charge is 0.372 e. The summed E-state index contributed by atoms with van der Waals surface area (Å²) in [5.74, 6) is -0.223. The van der Waals surface area contributed by atoms with E-state index in [-0.39, 0.29) is 24.1 Å². The molecule has 0 aliphatic carbocycles. The van der Waals surface area contributed by atoms with Gasteiger partial charge in [0, 0.05) is 30.5 Å². The lowest BCUT2D eigenvalue weighted by Crippen LogP contribution is -2.27. The summed E-state index contributed by atoms with van der Waals surface area (Å²) in [7, 11) is 1.67. The van der Waals surface area contributed by atoms with Crippen LogP contribution in [0.15, 0.2) is 65.5 Å². The third-order valence-corrected chi connectivity index (χ3v) is 4.73. The Balaban J connectivity index is 1.71. The van der Waals surface area contributed by atoms with Crippen LogP contribution in [0.25, 0.3) is 0 Å². The number of carbonyl (C=O) groups is 1. The normalized spacial score (nSPS) is 11.8. The Morgan fingerprint density at radius 1 is 1.04 bits per heavy atom. The molecule has 1 aromatic heterocycles. The Morgan fingerprint density at radius 3 is 2.29 bits per heavy atom. The minimum Gasteiger partial charge on any atom is -0.372 e. The number of hydrogen-bond donors (Lipinski definition) is 2. The SMILES string of the molecule is COC(c1ccccc1)c1ccc(C(=O)NCc2c(C)cc(C)[nH]c2=O)cc1. The van der Waals surface area contributed by atoms with E-state index in [4.69, 9.17) is 4.74 Å². The highest BCUT2D eigenvalue weighted by molar-refractivity contribution is 5.94. The first kappa shape index (κ1) is 19.6. The van der Waals surface area contributed by atoms with Crippen LogP contribution in [0.4, 0.5) is 0 Å². The predicted molar refractivity (Wildman–Crippen MR) is 109 cm³/mol. The lowest BCUT2D eigenvalue weighted by atomic mass is 10.00. The zero-order valence-corrected chi connectivity index (χ0v) is 16.3. The van der Waals surface area contributed by atoms with Crippen molar-refractivity contribution in [1.29, 1.82) is 0 Å². The number of H-pyrrole nitrogens is 1. The second kappa shape index (κ2) is 8.67. The number of nitrogens with one attached hydrogen (secondary N) is 2. The number of aromatic nitrogens is 1. The molecule has 0 saturated heterocycles. The maximum atomic E-state index is 12.5. The second-order valence-electron chi connectivity index (χ2n) is 6.77. The van der Waals surface area contributed by atoms with Crippen LogP contribution in [0.1, 0.15) is 44.4 Å². The molecule has 5 nitrogen and oxygen atoms in total. The summed E-state index contributed by atoms with van der Waals surface area (Å²) in [6.07, 6.45) is -0.188. The first-order chi connectivity index (χ1) is 13.5. The maximum Gasteiger partial charge on any atom is 0.253 e. The molecule has 0 spiro atoms. The van der Waals surface area contributed by atoms with Crippen molar-refractivity contribution in [3.63, 3.8) is 0 Å². The number of amides is 1. The van der Waals surface area contributed by atoms with Crippen LogP contribution in [0, 0.1) is 13.8 Å². The topological polar surface area (TPSA) is 71.2 Å². The molecule has 3 rings (SSSR count). The minimum atomic E-state index is -0.223. The van der Waals surface area contributed by atoms with Gasteiger partial charge in [0.05, 0.1) is 0 Å². The predicted octanol–water partition coefficient (Wildman–Crippen LogP) is 3.66. The van der Waals surface area contributed by atoms with Gasteiger partial charge in [0.2, 0.25) is 0 Å². The lowest BCUT2D eigenvalue weighted by Gasteiger charge is -2.16. The summed E-state index contributed by atoms with van der Waals surface area (Å²) < 4.78 is 5.63. The molecule has 1 amide bonds. The fourth-order valence-electron chi connectivity index (χ4n) is 3.27. The summed E-state index contributed by atoms with van der Waals surface area (Å²) in [4.78, 5) is 27.3. The summed E-state index contributed by atoms with van der Waals surface area (Å²) in [5, 5.41) is 2.82. The molecule has 0 bridgehead atoms. The standard InChI is InChI=1S/C23H24N2O3/c1-15-13-16(2)25-23(27)20(15)14-24-22(26)19-11-9-18(10-12-19)21(28-3)17-7-5-4-6-8-17/h4-13,21H,14H2,1-3H3,(H,24,26)(H,25,27). The third kappa shape index (κ3) is 4.38. The Bertz CT molecular complexity index is 1010. The van der Waals surface area contributed by atoms with Crippen LogP contribution in [0.3, 0.4) is 0 Å². The van der Waals surface area contributed by atoms with Crippen molar-refractivity contribution < 1.29 is 9.53 Å². The molecule has 3 aromatic rings. The van der Waals surface area contributed by atoms with Gasteiger partial charge in [-0.3, -0.25) is 9.59 Å². The number of hydrogen-bond acceptors (Lipinski definition) is 3. The van der Waals surface area contributed by atoms with Crippen LogP contribution in [0.2, 0.25) is 0 Å². The number of ether oxygens (including phenoxy) is 1. The molecule has 5 heteroatoms. The van der Waals surface area contributed by atoms with Gasteiger partial charge in [0.25, 0.3) is 11.5 Å². The molecule has 28 heavy (non-hydrogen) atoms. The van der Waals surface area contributed by atoms with Crippen molar-refractivity contribution in [3.8, 4) is 0 Å². The summed E-state index contributed by atoms with van der Waals surface area (Å²) in [5.41, 5.74) is 4.63. The van der Waals surface area contributed by atoms with E-state index in [0.717, 1.165) is 22.4 Å². The van der Waals surface area contributed by atoms with Gasteiger partial charge < -0.3 is 15.0 Å². The zero-order chi connectivity index (χ0) is 20.1. The highest BCUT2D eigenvalue weighted by Crippen LogP contribution is 2.25. The number of methoxy groups -OCH3 is 1. The average molecular weight is 376 g/mol. The van der Waals surface area contributed by atoms with E-state index in [2.05, 4.69) is 10.3 Å². The molecule has 144 valence electrons. The molecule has 1 atom stereocenters. The quantitative estimate of drug-likeness (QED) is 0.690. The van der Waals surface area contributed by atoms with Gasteiger partial charge >= 0.3 is 0 Å². The van der Waals surface area contributed by atoms with Crippen LogP contribution >= 0.6 is 0 Å². The van der Waals surface area contributed by atoms with Gasteiger partial charge in [-0.05, 0) is 48.7 Å². The number of carbonyl (C=O) groups excluding carboxylic acids is 1. The first-order valence-corrected chi connectivity index (χ1v) is 9.15. The van der Waals surface area contributed by atoms with Crippen LogP contribution in [-0.2, 0) is 11.3 Å². The van der Waals surface area contributed by atoms with Crippen molar-refractivity contribution in [2.45, 2.75) is 26.5 Å². The monoisotopic (exact) mass is 376 g/mol. The lowest BCUT2D eigenvalue weighted by molar-refractivity contribution is 0.0950. The Kier molecular flexibility index (Phi) is 6.06. The minimum absolute atomic E-state index is 0.168. The second-order valence-corrected chi connectivity index (χ2v) is 6.77. The number of aryl methyl sites for hydroxylation is 2. The van der Waals surface area contributed by atoms with Crippen molar-refractivity contribution in [3.05, 3.63) is 105 Å². The Hall–Kier alpha value is -3.18. The Labute approximate surface area is 164 Å². The molecule has 1 unspecified atom stereocenters. The Morgan fingerprint density at radius 2 is 1.68 bits per heavy atom. The van der Waals surface area contributed by atoms with Gasteiger partial charge in [-0.1, -0.05) is 42.5 Å². The van der Waals surface area contributed by atoms with Gasteiger partial charge in [-0.15, -0.1) is 0 Å². The van der Waals surface area contributed by atoms with Gasteiger partial charge in [0.1, 0.15) is 6.10 Å². The highest BCUT2D eigenvalue weighted by Gasteiger charge is 2.14. The van der Waals surface area contributed by atoms with E-state index in [1.807, 2.05) is 62.4 Å². The van der Waals surface area contributed by atoms with E-state index >= 15 is 0 Å². The number of benzene rings is 2. The number of pyridine rings is 1. The summed E-state index contributed by atoms with van der Waals surface area (Å²) in [6, 6.07) is 19.1. The fraction of sp³-hybridized carbons (Fsp3) is 0.217. The third-order valence-electron chi connectivity index (χ3n) is 4.73. The van der Waals surface area contributed by atoms with E-state index in [0.29, 0.717) is 11.1 Å². The van der Waals surface area contributed by atoms with Crippen molar-refractivity contribution in [2.75, 3.05) is 7.11 Å².